The van der Waals surface area contributed by atoms with Gasteiger partial charge in [-0.15, -0.1) is 11.8 Å². The zero-order valence-corrected chi connectivity index (χ0v) is 11.0. The monoisotopic (exact) mass is 296 g/mol. The van der Waals surface area contributed by atoms with E-state index in [0.29, 0.717) is 16.1 Å². The third kappa shape index (κ3) is 3.45. The van der Waals surface area contributed by atoms with Gasteiger partial charge in [0.05, 0.1) is 11.0 Å². The van der Waals surface area contributed by atoms with Gasteiger partial charge in [-0.3, -0.25) is 10.1 Å². The van der Waals surface area contributed by atoms with Crippen LogP contribution in [0.3, 0.4) is 0 Å². The van der Waals surface area contributed by atoms with Crippen molar-refractivity contribution in [3.8, 4) is 0 Å². The normalized spacial score (nSPS) is 10.5. The number of nitro groups is 1. The van der Waals surface area contributed by atoms with E-state index in [-0.39, 0.29) is 11.4 Å². The predicted molar refractivity (Wildman–Crippen MR) is 73.4 cm³/mol. The fraction of sp³-hybridized carbons (Fsp3) is 0.0769. The topological polar surface area (TPSA) is 69.2 Å². The summed E-state index contributed by atoms with van der Waals surface area (Å²) >= 11 is 1.12. The van der Waals surface area contributed by atoms with E-state index in [1.54, 1.807) is 6.07 Å². The number of nitro benzene ring substituents is 1. The zero-order valence-electron chi connectivity index (χ0n) is 10.2. The van der Waals surface area contributed by atoms with Gasteiger partial charge in [0.15, 0.2) is 0 Å². The molecule has 2 rings (SSSR count). The van der Waals surface area contributed by atoms with E-state index in [4.69, 9.17) is 5.73 Å². The van der Waals surface area contributed by atoms with Gasteiger partial charge in [-0.2, -0.15) is 0 Å². The molecule has 2 N–H and O–H groups in total. The minimum absolute atomic E-state index is 0.222. The van der Waals surface area contributed by atoms with Crippen LogP contribution in [0.25, 0.3) is 0 Å². The smallest absolute Gasteiger partial charge is 0.272 e. The van der Waals surface area contributed by atoms with Crippen LogP contribution in [0.1, 0.15) is 5.56 Å². The van der Waals surface area contributed by atoms with Crippen LogP contribution in [-0.2, 0) is 5.75 Å². The second-order valence-electron chi connectivity index (χ2n) is 4.05. The number of nitrogens with two attached hydrogens (primary N) is 1. The van der Waals surface area contributed by atoms with Crippen molar-refractivity contribution in [3.05, 3.63) is 63.7 Å². The average molecular weight is 296 g/mol. The number of rotatable bonds is 4. The van der Waals surface area contributed by atoms with Crippen LogP contribution in [0.5, 0.6) is 0 Å². The molecule has 7 heteroatoms. The van der Waals surface area contributed by atoms with Crippen LogP contribution < -0.4 is 5.73 Å². The Kier molecular flexibility index (Phi) is 4.19. The summed E-state index contributed by atoms with van der Waals surface area (Å²) in [7, 11) is 0. The van der Waals surface area contributed by atoms with E-state index in [1.165, 1.54) is 24.3 Å². The molecule has 4 nitrogen and oxygen atoms in total. The molecular formula is C13H10F2N2O2S. The highest BCUT2D eigenvalue weighted by Gasteiger charge is 2.11. The highest BCUT2D eigenvalue weighted by Crippen LogP contribution is 2.28. The van der Waals surface area contributed by atoms with Crippen LogP contribution >= 0.6 is 11.8 Å². The van der Waals surface area contributed by atoms with E-state index in [1.807, 2.05) is 0 Å². The molecule has 0 bridgehead atoms. The van der Waals surface area contributed by atoms with Gasteiger partial charge in [0, 0.05) is 22.4 Å². The number of non-ortho nitro benzene ring substituents is 1. The van der Waals surface area contributed by atoms with Gasteiger partial charge in [-0.1, -0.05) is 0 Å². The number of benzene rings is 2. The molecule has 0 aliphatic rings. The lowest BCUT2D eigenvalue weighted by molar-refractivity contribution is -0.385. The van der Waals surface area contributed by atoms with Crippen LogP contribution in [0.4, 0.5) is 20.2 Å². The largest absolute Gasteiger partial charge is 0.399 e. The summed E-state index contributed by atoms with van der Waals surface area (Å²) in [6.45, 7) is 0. The lowest BCUT2D eigenvalue weighted by Crippen LogP contribution is -1.93. The summed E-state index contributed by atoms with van der Waals surface area (Å²) in [5, 5.41) is 10.6. The first-order valence-electron chi connectivity index (χ1n) is 5.57. The molecule has 2 aromatic carbocycles. The van der Waals surface area contributed by atoms with Crippen LogP contribution in [-0.4, -0.2) is 4.92 Å². The maximum atomic E-state index is 13.6. The molecule has 0 heterocycles. The van der Waals surface area contributed by atoms with Crippen LogP contribution in [0.15, 0.2) is 41.3 Å². The molecule has 20 heavy (non-hydrogen) atoms. The summed E-state index contributed by atoms with van der Waals surface area (Å²) in [6, 6.07) is 7.57. The Morgan fingerprint density at radius 2 is 1.95 bits per heavy atom. The van der Waals surface area contributed by atoms with Crippen molar-refractivity contribution < 1.29 is 13.7 Å². The Morgan fingerprint density at radius 3 is 2.60 bits per heavy atom. The summed E-state index contributed by atoms with van der Waals surface area (Å²) < 4.78 is 26.8. The van der Waals surface area contributed by atoms with E-state index in [2.05, 4.69) is 0 Å². The molecule has 0 saturated carbocycles. The maximum Gasteiger partial charge on any atom is 0.272 e. The zero-order chi connectivity index (χ0) is 14.7. The van der Waals surface area contributed by atoms with Crippen molar-refractivity contribution in [2.45, 2.75) is 10.6 Å². The minimum Gasteiger partial charge on any atom is -0.399 e. The Hall–Kier alpha value is -2.15. The van der Waals surface area contributed by atoms with Gasteiger partial charge in [0.1, 0.15) is 11.6 Å². The predicted octanol–water partition coefficient (Wildman–Crippen LogP) is 3.75. The van der Waals surface area contributed by atoms with E-state index < -0.39 is 16.6 Å². The van der Waals surface area contributed by atoms with Crippen LogP contribution in [0, 0.1) is 21.7 Å². The summed E-state index contributed by atoms with van der Waals surface area (Å²) in [5.74, 6) is -0.937. The molecule has 2 aromatic rings. The first kappa shape index (κ1) is 14.3. The number of anilines is 1. The Balaban J connectivity index is 2.16. The van der Waals surface area contributed by atoms with E-state index >= 15 is 0 Å². The van der Waals surface area contributed by atoms with Crippen LogP contribution in [0.2, 0.25) is 0 Å². The molecule has 104 valence electrons. The minimum atomic E-state index is -0.687. The molecule has 0 aromatic heterocycles. The Labute approximate surface area is 117 Å². The molecule has 0 radical (unpaired) electrons. The second kappa shape index (κ2) is 5.87. The van der Waals surface area contributed by atoms with Crippen molar-refractivity contribution >= 4 is 23.1 Å². The van der Waals surface area contributed by atoms with Gasteiger partial charge in [-0.25, -0.2) is 8.78 Å². The number of thioether (sulfide) groups is 1. The third-order valence-corrected chi connectivity index (χ3v) is 3.62. The van der Waals surface area contributed by atoms with E-state index in [0.717, 1.165) is 17.8 Å². The average Bonchev–Trinajstić information content (AvgIpc) is 2.37. The summed E-state index contributed by atoms with van der Waals surface area (Å²) in [4.78, 5) is 10.3. The van der Waals surface area contributed by atoms with Gasteiger partial charge < -0.3 is 5.73 Å². The lowest BCUT2D eigenvalue weighted by Gasteiger charge is -2.05. The standard InChI is InChI=1S/C13H10F2N2O2S/c14-9-3-8(4-11(5-9)17(18)19)7-20-13-2-1-10(16)6-12(13)15/h1-6H,7,16H2. The molecule has 0 amide bonds. The first-order valence-corrected chi connectivity index (χ1v) is 6.56. The third-order valence-electron chi connectivity index (χ3n) is 2.50. The van der Waals surface area contributed by atoms with Crippen molar-refractivity contribution in [3.63, 3.8) is 0 Å². The molecule has 0 aliphatic heterocycles. The SMILES string of the molecule is Nc1ccc(SCc2cc(F)cc([N+](=O)[O-])c2)c(F)c1. The maximum absolute atomic E-state index is 13.6. The quantitative estimate of drug-likeness (QED) is 0.404. The second-order valence-corrected chi connectivity index (χ2v) is 5.07. The molecular weight excluding hydrogens is 286 g/mol. The fourth-order valence-corrected chi connectivity index (χ4v) is 2.47. The van der Waals surface area contributed by atoms with Gasteiger partial charge in [0.25, 0.3) is 5.69 Å². The summed E-state index contributed by atoms with van der Waals surface area (Å²) in [5.41, 5.74) is 5.84. The number of nitrogen functional groups attached to an aromatic ring is 1. The van der Waals surface area contributed by atoms with E-state index in [9.17, 15) is 18.9 Å². The molecule has 0 fully saturated rings. The number of hydrogen-bond acceptors (Lipinski definition) is 4. The highest BCUT2D eigenvalue weighted by molar-refractivity contribution is 7.98. The Morgan fingerprint density at radius 1 is 1.20 bits per heavy atom. The van der Waals surface area contributed by atoms with Gasteiger partial charge in [0.2, 0.25) is 0 Å². The number of hydrogen-bond donors (Lipinski definition) is 1. The van der Waals surface area contributed by atoms with Crippen molar-refractivity contribution in [1.29, 1.82) is 0 Å². The molecule has 0 spiro atoms. The number of nitrogens with zero attached hydrogens (tertiary/aromatic N) is 1. The van der Waals surface area contributed by atoms with Crippen molar-refractivity contribution in [2.75, 3.05) is 5.73 Å². The first-order chi connectivity index (χ1) is 9.45. The molecule has 0 aliphatic carbocycles. The van der Waals surface area contributed by atoms with Crippen molar-refractivity contribution in [2.24, 2.45) is 0 Å². The Bertz CT molecular complexity index is 665. The van der Waals surface area contributed by atoms with Crippen molar-refractivity contribution in [1.82, 2.24) is 0 Å². The molecule has 0 atom stereocenters. The molecule has 0 saturated heterocycles. The van der Waals surface area contributed by atoms with Gasteiger partial charge >= 0.3 is 0 Å². The molecule has 0 unspecified atom stereocenters. The van der Waals surface area contributed by atoms with Gasteiger partial charge in [-0.05, 0) is 29.8 Å². The highest BCUT2D eigenvalue weighted by atomic mass is 32.2. The fourth-order valence-electron chi connectivity index (χ4n) is 1.62. The summed E-state index contributed by atoms with van der Waals surface area (Å²) in [6.07, 6.45) is 0. The lowest BCUT2D eigenvalue weighted by atomic mass is 10.2. The number of halogens is 2.